The highest BCUT2D eigenvalue weighted by atomic mass is 19.2. The molecule has 0 bridgehead atoms. The van der Waals surface area contributed by atoms with Crippen LogP contribution in [0.3, 0.4) is 0 Å². The Morgan fingerprint density at radius 1 is 1.30 bits per heavy atom. The van der Waals surface area contributed by atoms with E-state index in [2.05, 4.69) is 9.97 Å². The number of hydrogen-bond acceptors (Lipinski definition) is 4. The lowest BCUT2D eigenvalue weighted by Crippen LogP contribution is -2.09. The molecule has 2 heterocycles. The smallest absolute Gasteiger partial charge is 0.323 e. The van der Waals surface area contributed by atoms with E-state index in [1.807, 2.05) is 0 Å². The Morgan fingerprint density at radius 2 is 2.00 bits per heavy atom. The number of carboxylic acids is 1. The highest BCUT2D eigenvalue weighted by Crippen LogP contribution is 2.31. The molecule has 3 aromatic rings. The fraction of sp³-hybridized carbons (Fsp3) is 0.0833. The van der Waals surface area contributed by atoms with Crippen molar-refractivity contribution in [2.24, 2.45) is 0 Å². The van der Waals surface area contributed by atoms with E-state index in [9.17, 15) is 13.6 Å². The van der Waals surface area contributed by atoms with Gasteiger partial charge >= 0.3 is 5.97 Å². The van der Waals surface area contributed by atoms with Gasteiger partial charge in [0.25, 0.3) is 0 Å². The highest BCUT2D eigenvalue weighted by molar-refractivity contribution is 6.11. The standard InChI is InChI=1S/C12H8F2N4O2/c13-6-1-5-8(2-7(6)14)18(3-9(19)20)12-10(5)11(15)16-4-17-12/h1-2,4H,3H2,(H,19,20)(H2,15,16,17). The summed E-state index contributed by atoms with van der Waals surface area (Å²) in [6.45, 7) is -0.443. The van der Waals surface area contributed by atoms with Crippen LogP contribution in [0.2, 0.25) is 0 Å². The lowest BCUT2D eigenvalue weighted by Gasteiger charge is -2.02. The SMILES string of the molecule is Nc1ncnc2c1c1cc(F)c(F)cc1n2CC(=O)O. The van der Waals surface area contributed by atoms with Crippen LogP contribution in [0.15, 0.2) is 18.5 Å². The van der Waals surface area contributed by atoms with Gasteiger partial charge in [0.2, 0.25) is 0 Å². The van der Waals surface area contributed by atoms with E-state index in [0.29, 0.717) is 5.39 Å². The monoisotopic (exact) mass is 278 g/mol. The minimum atomic E-state index is -1.13. The van der Waals surface area contributed by atoms with Crippen LogP contribution in [-0.2, 0) is 11.3 Å². The molecule has 0 aliphatic rings. The predicted molar refractivity (Wildman–Crippen MR) is 67.0 cm³/mol. The zero-order valence-corrected chi connectivity index (χ0v) is 9.97. The number of nitrogens with zero attached hydrogens (tertiary/aromatic N) is 3. The maximum absolute atomic E-state index is 13.4. The molecule has 3 rings (SSSR count). The van der Waals surface area contributed by atoms with E-state index in [4.69, 9.17) is 10.8 Å². The van der Waals surface area contributed by atoms with Gasteiger partial charge < -0.3 is 15.4 Å². The molecule has 0 saturated carbocycles. The number of carbonyl (C=O) groups is 1. The summed E-state index contributed by atoms with van der Waals surface area (Å²) in [5.41, 5.74) is 6.15. The number of hydrogen-bond donors (Lipinski definition) is 2. The number of aliphatic carboxylic acids is 1. The second-order valence-electron chi connectivity index (χ2n) is 4.22. The predicted octanol–water partition coefficient (Wildman–Crippen LogP) is 1.53. The number of nitrogen functional groups attached to an aromatic ring is 1. The van der Waals surface area contributed by atoms with Crippen molar-refractivity contribution >= 4 is 33.7 Å². The van der Waals surface area contributed by atoms with Gasteiger partial charge in [-0.2, -0.15) is 0 Å². The molecule has 0 atom stereocenters. The van der Waals surface area contributed by atoms with Gasteiger partial charge in [-0.1, -0.05) is 0 Å². The van der Waals surface area contributed by atoms with Crippen molar-refractivity contribution < 1.29 is 18.7 Å². The quantitative estimate of drug-likeness (QED) is 0.741. The molecular weight excluding hydrogens is 270 g/mol. The number of anilines is 1. The largest absolute Gasteiger partial charge is 0.480 e. The van der Waals surface area contributed by atoms with Crippen LogP contribution in [0.4, 0.5) is 14.6 Å². The number of benzene rings is 1. The molecule has 1 aromatic carbocycles. The molecule has 2 aromatic heterocycles. The van der Waals surface area contributed by atoms with Crippen LogP contribution in [0.5, 0.6) is 0 Å². The van der Waals surface area contributed by atoms with Crippen LogP contribution in [0.1, 0.15) is 0 Å². The van der Waals surface area contributed by atoms with Crippen LogP contribution in [-0.4, -0.2) is 25.6 Å². The highest BCUT2D eigenvalue weighted by Gasteiger charge is 2.18. The van der Waals surface area contributed by atoms with Gasteiger partial charge in [-0.15, -0.1) is 0 Å². The third kappa shape index (κ3) is 1.65. The first kappa shape index (κ1) is 12.3. The van der Waals surface area contributed by atoms with Gasteiger partial charge in [0, 0.05) is 11.5 Å². The van der Waals surface area contributed by atoms with Crippen LogP contribution in [0, 0.1) is 11.6 Å². The minimum absolute atomic E-state index is 0.0788. The summed E-state index contributed by atoms with van der Waals surface area (Å²) in [5.74, 6) is -3.17. The normalized spacial score (nSPS) is 11.3. The van der Waals surface area contributed by atoms with E-state index in [1.165, 1.54) is 10.9 Å². The summed E-state index contributed by atoms with van der Waals surface area (Å²) in [7, 11) is 0. The molecule has 0 amide bonds. The summed E-state index contributed by atoms with van der Waals surface area (Å²) >= 11 is 0. The third-order valence-electron chi connectivity index (χ3n) is 3.00. The molecule has 0 fully saturated rings. The summed E-state index contributed by atoms with van der Waals surface area (Å²) in [4.78, 5) is 18.7. The first-order valence-electron chi connectivity index (χ1n) is 5.58. The van der Waals surface area contributed by atoms with Crippen molar-refractivity contribution in [2.45, 2.75) is 6.54 Å². The minimum Gasteiger partial charge on any atom is -0.480 e. The molecule has 0 radical (unpaired) electrons. The van der Waals surface area contributed by atoms with Crippen LogP contribution in [0.25, 0.3) is 21.9 Å². The van der Waals surface area contributed by atoms with E-state index in [-0.39, 0.29) is 22.4 Å². The molecule has 0 aliphatic carbocycles. The number of rotatable bonds is 2. The van der Waals surface area contributed by atoms with Gasteiger partial charge in [0.15, 0.2) is 11.6 Å². The molecule has 20 heavy (non-hydrogen) atoms. The van der Waals surface area contributed by atoms with E-state index < -0.39 is 24.1 Å². The van der Waals surface area contributed by atoms with Crippen molar-refractivity contribution in [1.29, 1.82) is 0 Å². The van der Waals surface area contributed by atoms with Crippen molar-refractivity contribution in [3.05, 3.63) is 30.1 Å². The maximum Gasteiger partial charge on any atom is 0.323 e. The molecule has 0 unspecified atom stereocenters. The van der Waals surface area contributed by atoms with E-state index >= 15 is 0 Å². The first-order valence-corrected chi connectivity index (χ1v) is 5.58. The Bertz CT molecular complexity index is 860. The van der Waals surface area contributed by atoms with Crippen LogP contribution >= 0.6 is 0 Å². The number of carboxylic acid groups (broad SMARTS) is 1. The molecule has 3 N–H and O–H groups in total. The third-order valence-corrected chi connectivity index (χ3v) is 3.00. The fourth-order valence-corrected chi connectivity index (χ4v) is 2.22. The van der Waals surface area contributed by atoms with Crippen molar-refractivity contribution in [2.75, 3.05) is 5.73 Å². The second-order valence-corrected chi connectivity index (χ2v) is 4.22. The van der Waals surface area contributed by atoms with Gasteiger partial charge in [0.1, 0.15) is 24.3 Å². The van der Waals surface area contributed by atoms with Crippen molar-refractivity contribution in [1.82, 2.24) is 14.5 Å². The number of halogens is 2. The zero-order chi connectivity index (χ0) is 14.4. The Balaban J connectivity index is 2.52. The van der Waals surface area contributed by atoms with Gasteiger partial charge in [-0.3, -0.25) is 4.79 Å². The average Bonchev–Trinajstić information content (AvgIpc) is 2.66. The Morgan fingerprint density at radius 3 is 2.70 bits per heavy atom. The Kier molecular flexibility index (Phi) is 2.53. The molecule has 102 valence electrons. The number of aromatic nitrogens is 3. The lowest BCUT2D eigenvalue weighted by molar-refractivity contribution is -0.137. The second kappa shape index (κ2) is 4.12. The summed E-state index contributed by atoms with van der Waals surface area (Å²) in [5, 5.41) is 9.52. The molecule has 6 nitrogen and oxygen atoms in total. The number of nitrogens with two attached hydrogens (primary N) is 1. The molecular formula is C12H8F2N4O2. The van der Waals surface area contributed by atoms with Gasteiger partial charge in [-0.05, 0) is 6.07 Å². The Hall–Kier alpha value is -2.77. The van der Waals surface area contributed by atoms with Gasteiger partial charge in [0.05, 0.1) is 10.9 Å². The average molecular weight is 278 g/mol. The zero-order valence-electron chi connectivity index (χ0n) is 9.97. The Labute approximate surface area is 110 Å². The fourth-order valence-electron chi connectivity index (χ4n) is 2.22. The van der Waals surface area contributed by atoms with Crippen molar-refractivity contribution in [3.63, 3.8) is 0 Å². The first-order chi connectivity index (χ1) is 9.49. The van der Waals surface area contributed by atoms with E-state index in [1.54, 1.807) is 0 Å². The maximum atomic E-state index is 13.4. The molecule has 0 spiro atoms. The lowest BCUT2D eigenvalue weighted by atomic mass is 10.2. The van der Waals surface area contributed by atoms with Crippen LogP contribution < -0.4 is 5.73 Å². The van der Waals surface area contributed by atoms with Gasteiger partial charge in [-0.25, -0.2) is 18.7 Å². The molecule has 0 saturated heterocycles. The van der Waals surface area contributed by atoms with Crippen molar-refractivity contribution in [3.8, 4) is 0 Å². The summed E-state index contributed by atoms with van der Waals surface area (Å²) in [6, 6.07) is 1.89. The summed E-state index contributed by atoms with van der Waals surface area (Å²) < 4.78 is 28.0. The summed E-state index contributed by atoms with van der Waals surface area (Å²) in [6.07, 6.45) is 1.17. The molecule has 8 heteroatoms. The molecule has 0 aliphatic heterocycles. The van der Waals surface area contributed by atoms with E-state index in [0.717, 1.165) is 12.1 Å². The number of fused-ring (bicyclic) bond motifs is 3. The topological polar surface area (TPSA) is 94.0 Å².